The molecule has 2 aromatic carbocycles. The van der Waals surface area contributed by atoms with Gasteiger partial charge in [-0.05, 0) is 30.2 Å². The number of fused-ring (bicyclic) bond motifs is 1. The largest absolute Gasteiger partial charge is 0.310 e. The van der Waals surface area contributed by atoms with Gasteiger partial charge in [0.1, 0.15) is 5.82 Å². The fourth-order valence-corrected chi connectivity index (χ4v) is 2.60. The van der Waals surface area contributed by atoms with Gasteiger partial charge in [-0.2, -0.15) is 0 Å². The first-order chi connectivity index (χ1) is 11.2. The van der Waals surface area contributed by atoms with E-state index in [-0.39, 0.29) is 18.1 Å². The Balaban J connectivity index is 1.84. The molecule has 1 aromatic heterocycles. The molecule has 118 valence electrons. The zero-order valence-corrected chi connectivity index (χ0v) is 12.9. The number of carbonyl (C=O) groups excluding carboxylic acids is 1. The van der Waals surface area contributed by atoms with Crippen LogP contribution in [0.2, 0.25) is 0 Å². The Morgan fingerprint density at radius 1 is 1.17 bits per heavy atom. The molecule has 4 nitrogen and oxygen atoms in total. The summed E-state index contributed by atoms with van der Waals surface area (Å²) in [5.41, 5.74) is 2.20. The first kappa shape index (κ1) is 15.2. The first-order valence-corrected chi connectivity index (χ1v) is 7.67. The first-order valence-electron chi connectivity index (χ1n) is 7.67. The van der Waals surface area contributed by atoms with Crippen molar-refractivity contribution in [3.8, 4) is 0 Å². The number of para-hydroxylation sites is 2. The molecule has 1 N–H and O–H groups in total. The number of nitrogens with zero attached hydrogens (tertiary/aromatic N) is 2. The number of aryl methyl sites for hydroxylation is 1. The number of rotatable bonds is 5. The Morgan fingerprint density at radius 3 is 2.70 bits per heavy atom. The van der Waals surface area contributed by atoms with E-state index in [1.807, 2.05) is 28.8 Å². The molecule has 1 heterocycles. The summed E-state index contributed by atoms with van der Waals surface area (Å²) in [5.74, 6) is -0.137. The average molecular weight is 311 g/mol. The number of carbonyl (C=O) groups is 1. The van der Waals surface area contributed by atoms with Crippen LogP contribution < -0.4 is 5.32 Å². The van der Waals surface area contributed by atoms with E-state index in [9.17, 15) is 9.18 Å². The number of benzene rings is 2. The van der Waals surface area contributed by atoms with Gasteiger partial charge < -0.3 is 4.57 Å². The highest BCUT2D eigenvalue weighted by molar-refractivity contribution is 5.92. The summed E-state index contributed by atoms with van der Waals surface area (Å²) in [4.78, 5) is 16.7. The fraction of sp³-hybridized carbons (Fsp3) is 0.222. The minimum atomic E-state index is -0.371. The van der Waals surface area contributed by atoms with E-state index in [2.05, 4.69) is 17.2 Å². The SMILES string of the molecule is CCCn1c(NC(=O)Cc2ccccc2F)nc2ccccc21. The normalized spacial score (nSPS) is 10.9. The molecular weight excluding hydrogens is 293 g/mol. The lowest BCUT2D eigenvalue weighted by molar-refractivity contribution is -0.115. The minimum absolute atomic E-state index is 0.0119. The van der Waals surface area contributed by atoms with E-state index in [1.165, 1.54) is 6.07 Å². The molecule has 0 unspecified atom stereocenters. The summed E-state index contributed by atoms with van der Waals surface area (Å²) in [6.45, 7) is 2.83. The maximum Gasteiger partial charge on any atom is 0.231 e. The highest BCUT2D eigenvalue weighted by Crippen LogP contribution is 2.20. The molecule has 5 heteroatoms. The third-order valence-electron chi connectivity index (χ3n) is 3.66. The Kier molecular flexibility index (Phi) is 4.37. The number of hydrogen-bond acceptors (Lipinski definition) is 2. The van der Waals surface area contributed by atoms with E-state index < -0.39 is 0 Å². The lowest BCUT2D eigenvalue weighted by Gasteiger charge is -2.09. The zero-order valence-electron chi connectivity index (χ0n) is 12.9. The molecular formula is C18H18FN3O. The van der Waals surface area contributed by atoms with E-state index in [1.54, 1.807) is 18.2 Å². The molecule has 0 spiro atoms. The summed E-state index contributed by atoms with van der Waals surface area (Å²) in [6, 6.07) is 14.0. The van der Waals surface area contributed by atoms with Crippen molar-refractivity contribution in [3.05, 3.63) is 59.9 Å². The second-order valence-electron chi connectivity index (χ2n) is 5.39. The van der Waals surface area contributed by atoms with Crippen molar-refractivity contribution in [2.75, 3.05) is 5.32 Å². The second-order valence-corrected chi connectivity index (χ2v) is 5.39. The molecule has 0 radical (unpaired) electrons. The van der Waals surface area contributed by atoms with Crippen LogP contribution in [-0.2, 0) is 17.8 Å². The van der Waals surface area contributed by atoms with Crippen LogP contribution in [0.4, 0.5) is 10.3 Å². The Hall–Kier alpha value is -2.69. The van der Waals surface area contributed by atoms with Crippen molar-refractivity contribution in [1.82, 2.24) is 9.55 Å². The summed E-state index contributed by atoms with van der Waals surface area (Å²) in [5, 5.41) is 2.81. The molecule has 0 aliphatic heterocycles. The van der Waals surface area contributed by atoms with Crippen molar-refractivity contribution < 1.29 is 9.18 Å². The third kappa shape index (κ3) is 3.23. The molecule has 0 fully saturated rings. The molecule has 0 saturated carbocycles. The van der Waals surface area contributed by atoms with Crippen LogP contribution in [0.5, 0.6) is 0 Å². The number of imidazole rings is 1. The van der Waals surface area contributed by atoms with Gasteiger partial charge in [-0.1, -0.05) is 37.3 Å². The van der Waals surface area contributed by atoms with Gasteiger partial charge in [0.05, 0.1) is 17.5 Å². The highest BCUT2D eigenvalue weighted by atomic mass is 19.1. The van der Waals surface area contributed by atoms with Crippen LogP contribution in [0.3, 0.4) is 0 Å². The van der Waals surface area contributed by atoms with Gasteiger partial charge in [0.15, 0.2) is 0 Å². The Bertz CT molecular complexity index is 841. The van der Waals surface area contributed by atoms with E-state index >= 15 is 0 Å². The van der Waals surface area contributed by atoms with Gasteiger partial charge in [-0.15, -0.1) is 0 Å². The van der Waals surface area contributed by atoms with Crippen LogP contribution in [0.25, 0.3) is 11.0 Å². The van der Waals surface area contributed by atoms with E-state index in [0.717, 1.165) is 24.0 Å². The van der Waals surface area contributed by atoms with Crippen molar-refractivity contribution in [3.63, 3.8) is 0 Å². The van der Waals surface area contributed by atoms with Gasteiger partial charge in [-0.3, -0.25) is 10.1 Å². The third-order valence-corrected chi connectivity index (χ3v) is 3.66. The van der Waals surface area contributed by atoms with Gasteiger partial charge in [0.2, 0.25) is 11.9 Å². The number of amides is 1. The number of nitrogens with one attached hydrogen (secondary N) is 1. The molecule has 0 saturated heterocycles. The number of aromatic nitrogens is 2. The molecule has 3 rings (SSSR count). The maximum atomic E-state index is 13.7. The number of halogens is 1. The lowest BCUT2D eigenvalue weighted by Crippen LogP contribution is -2.18. The molecule has 0 bridgehead atoms. The zero-order chi connectivity index (χ0) is 16.2. The van der Waals surface area contributed by atoms with Crippen molar-refractivity contribution in [2.45, 2.75) is 26.3 Å². The summed E-state index contributed by atoms with van der Waals surface area (Å²) >= 11 is 0. The number of anilines is 1. The monoisotopic (exact) mass is 311 g/mol. The standard InChI is InChI=1S/C18H18FN3O/c1-2-11-22-16-10-6-5-9-15(16)20-18(22)21-17(23)12-13-7-3-4-8-14(13)19/h3-10H,2,11-12H2,1H3,(H,20,21,23). The summed E-state index contributed by atoms with van der Waals surface area (Å²) < 4.78 is 15.6. The average Bonchev–Trinajstić information content (AvgIpc) is 2.88. The molecule has 23 heavy (non-hydrogen) atoms. The van der Waals surface area contributed by atoms with Crippen molar-refractivity contribution >= 4 is 22.9 Å². The van der Waals surface area contributed by atoms with Crippen LogP contribution in [0.1, 0.15) is 18.9 Å². The predicted molar refractivity (Wildman–Crippen MR) is 88.8 cm³/mol. The second kappa shape index (κ2) is 6.60. The smallest absolute Gasteiger partial charge is 0.231 e. The van der Waals surface area contributed by atoms with Crippen molar-refractivity contribution in [2.24, 2.45) is 0 Å². The number of hydrogen-bond donors (Lipinski definition) is 1. The molecule has 0 aliphatic rings. The van der Waals surface area contributed by atoms with Crippen LogP contribution in [-0.4, -0.2) is 15.5 Å². The highest BCUT2D eigenvalue weighted by Gasteiger charge is 2.14. The van der Waals surface area contributed by atoms with E-state index in [0.29, 0.717) is 11.5 Å². The van der Waals surface area contributed by atoms with Crippen LogP contribution in [0, 0.1) is 5.82 Å². The predicted octanol–water partition coefficient (Wildman–Crippen LogP) is 3.77. The Labute approximate surface area is 134 Å². The quantitative estimate of drug-likeness (QED) is 0.779. The van der Waals surface area contributed by atoms with Gasteiger partial charge in [0.25, 0.3) is 0 Å². The van der Waals surface area contributed by atoms with Crippen molar-refractivity contribution in [1.29, 1.82) is 0 Å². The minimum Gasteiger partial charge on any atom is -0.310 e. The summed E-state index contributed by atoms with van der Waals surface area (Å²) in [6.07, 6.45) is 0.915. The molecule has 1 amide bonds. The van der Waals surface area contributed by atoms with Crippen LogP contribution in [0.15, 0.2) is 48.5 Å². The van der Waals surface area contributed by atoms with E-state index in [4.69, 9.17) is 0 Å². The molecule has 0 atom stereocenters. The maximum absolute atomic E-state index is 13.7. The molecule has 3 aromatic rings. The fourth-order valence-electron chi connectivity index (χ4n) is 2.60. The molecule has 0 aliphatic carbocycles. The van der Waals surface area contributed by atoms with Crippen LogP contribution >= 0.6 is 0 Å². The van der Waals surface area contributed by atoms with Gasteiger partial charge in [-0.25, -0.2) is 9.37 Å². The topological polar surface area (TPSA) is 46.9 Å². The summed E-state index contributed by atoms with van der Waals surface area (Å²) in [7, 11) is 0. The van der Waals surface area contributed by atoms with Gasteiger partial charge >= 0.3 is 0 Å². The van der Waals surface area contributed by atoms with Gasteiger partial charge in [0, 0.05) is 6.54 Å². The Morgan fingerprint density at radius 2 is 1.91 bits per heavy atom. The lowest BCUT2D eigenvalue weighted by atomic mass is 10.1.